The number of hydrogen-bond donors (Lipinski definition) is 0. The Labute approximate surface area is 120 Å². The van der Waals surface area contributed by atoms with Gasteiger partial charge in [-0.1, -0.05) is 15.9 Å². The molecule has 2 rings (SSSR count). The maximum Gasteiger partial charge on any atom is 0.207 e. The zero-order valence-electron chi connectivity index (χ0n) is 8.87. The van der Waals surface area contributed by atoms with Crippen molar-refractivity contribution in [2.24, 2.45) is 0 Å². The second kappa shape index (κ2) is 5.33. The van der Waals surface area contributed by atoms with Crippen LogP contribution in [-0.2, 0) is 0 Å². The van der Waals surface area contributed by atoms with Crippen molar-refractivity contribution in [2.75, 3.05) is 7.11 Å². The summed E-state index contributed by atoms with van der Waals surface area (Å²) in [6.45, 7) is 0. The molecule has 0 atom stereocenters. The molecule has 0 N–H and O–H groups in total. The van der Waals surface area contributed by atoms with E-state index in [-0.39, 0.29) is 5.78 Å². The molecular weight excluding hydrogens is 368 g/mol. The topological polar surface area (TPSA) is 26.3 Å². The Bertz CT molecular complexity index is 563. The number of ketones is 1. The quantitative estimate of drug-likeness (QED) is 0.737. The van der Waals surface area contributed by atoms with E-state index in [4.69, 9.17) is 4.74 Å². The lowest BCUT2D eigenvalue weighted by Gasteiger charge is -2.07. The van der Waals surface area contributed by atoms with Gasteiger partial charge in [-0.3, -0.25) is 4.79 Å². The van der Waals surface area contributed by atoms with E-state index < -0.39 is 0 Å². The van der Waals surface area contributed by atoms with Gasteiger partial charge in [0, 0.05) is 8.95 Å². The molecule has 0 amide bonds. The Morgan fingerprint density at radius 3 is 2.65 bits per heavy atom. The lowest BCUT2D eigenvalue weighted by Crippen LogP contribution is -2.02. The van der Waals surface area contributed by atoms with Crippen molar-refractivity contribution in [1.82, 2.24) is 0 Å². The summed E-state index contributed by atoms with van der Waals surface area (Å²) < 4.78 is 6.88. The molecule has 0 bridgehead atoms. The van der Waals surface area contributed by atoms with E-state index in [1.807, 2.05) is 17.5 Å². The summed E-state index contributed by atoms with van der Waals surface area (Å²) in [4.78, 5) is 13.0. The number of carbonyl (C=O) groups is 1. The lowest BCUT2D eigenvalue weighted by atomic mass is 10.1. The number of methoxy groups -OCH3 is 1. The Kier molecular flexibility index (Phi) is 4.01. The first-order chi connectivity index (χ1) is 8.13. The molecule has 5 heteroatoms. The van der Waals surface area contributed by atoms with Crippen LogP contribution in [0, 0.1) is 0 Å². The number of ether oxygens (including phenoxy) is 1. The van der Waals surface area contributed by atoms with Crippen LogP contribution in [0.15, 0.2) is 38.6 Å². The van der Waals surface area contributed by atoms with Crippen molar-refractivity contribution >= 4 is 49.0 Å². The normalized spacial score (nSPS) is 10.3. The number of hydrogen-bond acceptors (Lipinski definition) is 3. The average molecular weight is 376 g/mol. The van der Waals surface area contributed by atoms with Crippen molar-refractivity contribution in [1.29, 1.82) is 0 Å². The van der Waals surface area contributed by atoms with Crippen LogP contribution in [0.3, 0.4) is 0 Å². The molecule has 17 heavy (non-hydrogen) atoms. The molecule has 0 radical (unpaired) electrons. The molecule has 2 aromatic rings. The van der Waals surface area contributed by atoms with Crippen LogP contribution in [0.2, 0.25) is 0 Å². The highest BCUT2D eigenvalue weighted by atomic mass is 79.9. The maximum absolute atomic E-state index is 12.3. The van der Waals surface area contributed by atoms with Crippen molar-refractivity contribution in [2.45, 2.75) is 0 Å². The van der Waals surface area contributed by atoms with E-state index in [0.29, 0.717) is 16.2 Å². The number of thiophene rings is 1. The fourth-order valence-corrected chi connectivity index (χ4v) is 3.30. The predicted molar refractivity (Wildman–Crippen MR) is 76.1 cm³/mol. The highest BCUT2D eigenvalue weighted by Crippen LogP contribution is 2.30. The van der Waals surface area contributed by atoms with Gasteiger partial charge in [-0.2, -0.15) is 0 Å². The van der Waals surface area contributed by atoms with Gasteiger partial charge in [0.2, 0.25) is 5.78 Å². The number of benzene rings is 1. The van der Waals surface area contributed by atoms with Crippen LogP contribution >= 0.6 is 43.2 Å². The van der Waals surface area contributed by atoms with E-state index in [2.05, 4.69) is 31.9 Å². The molecule has 1 aromatic heterocycles. The third-order valence-corrected chi connectivity index (χ3v) is 4.56. The van der Waals surface area contributed by atoms with Gasteiger partial charge >= 0.3 is 0 Å². The van der Waals surface area contributed by atoms with E-state index in [1.54, 1.807) is 19.2 Å². The second-order valence-corrected chi connectivity index (χ2v) is 5.96. The van der Waals surface area contributed by atoms with E-state index in [0.717, 1.165) is 8.95 Å². The van der Waals surface area contributed by atoms with Crippen LogP contribution in [0.5, 0.6) is 5.75 Å². The minimum absolute atomic E-state index is 0.0370. The Morgan fingerprint density at radius 1 is 1.29 bits per heavy atom. The molecular formula is C12H8Br2O2S. The molecule has 0 fully saturated rings. The lowest BCUT2D eigenvalue weighted by molar-refractivity contribution is 0.103. The largest absolute Gasteiger partial charge is 0.496 e. The zero-order valence-corrected chi connectivity index (χ0v) is 12.9. The van der Waals surface area contributed by atoms with E-state index >= 15 is 0 Å². The third-order valence-electron chi connectivity index (χ3n) is 2.23. The first-order valence-electron chi connectivity index (χ1n) is 4.74. The molecule has 88 valence electrons. The zero-order chi connectivity index (χ0) is 12.4. The molecule has 1 heterocycles. The average Bonchev–Trinajstić information content (AvgIpc) is 2.74. The molecule has 0 aliphatic heterocycles. The number of halogens is 2. The van der Waals surface area contributed by atoms with Crippen molar-refractivity contribution in [3.63, 3.8) is 0 Å². The first-order valence-corrected chi connectivity index (χ1v) is 7.21. The molecule has 1 aromatic carbocycles. The van der Waals surface area contributed by atoms with Gasteiger partial charge in [0.15, 0.2) is 0 Å². The van der Waals surface area contributed by atoms with Crippen LogP contribution < -0.4 is 4.74 Å². The highest BCUT2D eigenvalue weighted by Gasteiger charge is 2.18. The van der Waals surface area contributed by atoms with Gasteiger partial charge in [0.1, 0.15) is 5.75 Å². The molecule has 0 spiro atoms. The van der Waals surface area contributed by atoms with Gasteiger partial charge in [0.05, 0.1) is 17.6 Å². The molecule has 0 aliphatic rings. The van der Waals surface area contributed by atoms with Crippen LogP contribution in [0.25, 0.3) is 0 Å². The monoisotopic (exact) mass is 374 g/mol. The predicted octanol–water partition coefficient (Wildman–Crippen LogP) is 4.51. The van der Waals surface area contributed by atoms with E-state index in [9.17, 15) is 4.79 Å². The van der Waals surface area contributed by atoms with Crippen LogP contribution in [-0.4, -0.2) is 12.9 Å². The number of carbonyl (C=O) groups excluding carboxylic acids is 1. The second-order valence-electron chi connectivity index (χ2n) is 3.27. The van der Waals surface area contributed by atoms with Gasteiger partial charge in [-0.25, -0.2) is 0 Å². The molecule has 0 unspecified atom stereocenters. The Balaban J connectivity index is 2.50. The summed E-state index contributed by atoms with van der Waals surface area (Å²) in [6, 6.07) is 7.26. The Hall–Kier alpha value is -0.650. The van der Waals surface area contributed by atoms with Gasteiger partial charge in [0.25, 0.3) is 0 Å². The van der Waals surface area contributed by atoms with Gasteiger partial charge < -0.3 is 4.74 Å². The highest BCUT2D eigenvalue weighted by molar-refractivity contribution is 9.10. The summed E-state index contributed by atoms with van der Waals surface area (Å²) >= 11 is 8.14. The van der Waals surface area contributed by atoms with Crippen molar-refractivity contribution in [3.05, 3.63) is 49.0 Å². The molecule has 0 aliphatic carbocycles. The summed E-state index contributed by atoms with van der Waals surface area (Å²) in [5.74, 6) is 0.545. The maximum atomic E-state index is 12.3. The Morgan fingerprint density at radius 2 is 2.06 bits per heavy atom. The van der Waals surface area contributed by atoms with E-state index in [1.165, 1.54) is 11.3 Å². The number of rotatable bonds is 3. The minimum Gasteiger partial charge on any atom is -0.496 e. The molecule has 0 saturated heterocycles. The van der Waals surface area contributed by atoms with Crippen molar-refractivity contribution in [3.8, 4) is 5.75 Å². The standard InChI is InChI=1S/C12H8Br2O2S/c1-16-10-3-2-7(13)6-8(10)11(15)12-9(14)4-5-17-12/h2-6H,1H3. The van der Waals surface area contributed by atoms with Gasteiger partial charge in [-0.15, -0.1) is 11.3 Å². The van der Waals surface area contributed by atoms with Crippen LogP contribution in [0.1, 0.15) is 15.2 Å². The fraction of sp³-hybridized carbons (Fsp3) is 0.0833. The minimum atomic E-state index is -0.0370. The summed E-state index contributed by atoms with van der Waals surface area (Å²) in [7, 11) is 1.56. The first kappa shape index (κ1) is 12.8. The van der Waals surface area contributed by atoms with Gasteiger partial charge in [-0.05, 0) is 45.6 Å². The third kappa shape index (κ3) is 2.61. The molecule has 2 nitrogen and oxygen atoms in total. The molecule has 0 saturated carbocycles. The summed E-state index contributed by atoms with van der Waals surface area (Å²) in [6.07, 6.45) is 0. The summed E-state index contributed by atoms with van der Waals surface area (Å²) in [5, 5.41) is 1.88. The SMILES string of the molecule is COc1ccc(Br)cc1C(=O)c1sccc1Br. The summed E-state index contributed by atoms with van der Waals surface area (Å²) in [5.41, 5.74) is 0.560. The fourth-order valence-electron chi connectivity index (χ4n) is 1.44. The smallest absolute Gasteiger partial charge is 0.207 e. The van der Waals surface area contributed by atoms with Crippen molar-refractivity contribution < 1.29 is 9.53 Å². The van der Waals surface area contributed by atoms with Crippen LogP contribution in [0.4, 0.5) is 0 Å².